The minimum absolute atomic E-state index is 0.151. The Morgan fingerprint density at radius 1 is 0.818 bits per heavy atom. The SMILES string of the molecule is CCCOCCNS(=O)(=O)c1ccc(Sc2cccc3c2C(=O)c2ccccc2C3=O)cc1. The molecule has 4 rings (SSSR count). The second-order valence-electron chi connectivity index (χ2n) is 7.47. The zero-order valence-corrected chi connectivity index (χ0v) is 19.7. The number of ether oxygens (including phenoxy) is 1. The molecule has 0 spiro atoms. The monoisotopic (exact) mass is 481 g/mol. The lowest BCUT2D eigenvalue weighted by molar-refractivity contribution is 0.0977. The molecule has 0 bridgehead atoms. The number of carbonyl (C=O) groups is 2. The molecule has 0 atom stereocenters. The summed E-state index contributed by atoms with van der Waals surface area (Å²) < 4.78 is 32.8. The lowest BCUT2D eigenvalue weighted by atomic mass is 9.84. The van der Waals surface area contributed by atoms with E-state index < -0.39 is 10.0 Å². The van der Waals surface area contributed by atoms with Crippen molar-refractivity contribution in [3.05, 3.63) is 89.0 Å². The van der Waals surface area contributed by atoms with E-state index in [0.29, 0.717) is 40.4 Å². The predicted molar refractivity (Wildman–Crippen MR) is 127 cm³/mol. The van der Waals surface area contributed by atoms with Gasteiger partial charge in [-0.05, 0) is 36.8 Å². The van der Waals surface area contributed by atoms with Crippen LogP contribution in [0.1, 0.15) is 45.2 Å². The highest BCUT2D eigenvalue weighted by molar-refractivity contribution is 7.99. The van der Waals surface area contributed by atoms with E-state index in [-0.39, 0.29) is 23.0 Å². The number of benzene rings is 3. The summed E-state index contributed by atoms with van der Waals surface area (Å²) in [5.74, 6) is -0.352. The van der Waals surface area contributed by atoms with Crippen LogP contribution in [0, 0.1) is 0 Å². The highest BCUT2D eigenvalue weighted by Crippen LogP contribution is 2.37. The molecule has 3 aromatic carbocycles. The van der Waals surface area contributed by atoms with Gasteiger partial charge in [-0.2, -0.15) is 0 Å². The Bertz CT molecular complexity index is 1300. The van der Waals surface area contributed by atoms with Gasteiger partial charge in [-0.15, -0.1) is 0 Å². The minimum atomic E-state index is -3.64. The molecule has 0 unspecified atom stereocenters. The molecule has 0 saturated carbocycles. The molecule has 8 heteroatoms. The van der Waals surface area contributed by atoms with Crippen LogP contribution in [-0.4, -0.2) is 39.7 Å². The molecular formula is C25H23NO5S2. The molecule has 0 fully saturated rings. The number of carbonyl (C=O) groups excluding carboxylic acids is 2. The number of hydrogen-bond donors (Lipinski definition) is 1. The third kappa shape index (κ3) is 4.94. The molecule has 1 N–H and O–H groups in total. The smallest absolute Gasteiger partial charge is 0.240 e. The molecular weight excluding hydrogens is 458 g/mol. The number of hydrogen-bond acceptors (Lipinski definition) is 6. The molecule has 0 aromatic heterocycles. The minimum Gasteiger partial charge on any atom is -0.380 e. The van der Waals surface area contributed by atoms with Gasteiger partial charge in [-0.25, -0.2) is 13.1 Å². The Morgan fingerprint density at radius 2 is 1.48 bits per heavy atom. The highest BCUT2D eigenvalue weighted by Gasteiger charge is 2.31. The van der Waals surface area contributed by atoms with E-state index in [1.807, 2.05) is 6.92 Å². The summed E-state index contributed by atoms with van der Waals surface area (Å²) in [5.41, 5.74) is 1.59. The van der Waals surface area contributed by atoms with Crippen LogP contribution in [0.3, 0.4) is 0 Å². The Hall–Kier alpha value is -2.78. The normalized spacial score (nSPS) is 13.0. The summed E-state index contributed by atoms with van der Waals surface area (Å²) in [6.07, 6.45) is 0.878. The van der Waals surface area contributed by atoms with Crippen molar-refractivity contribution in [2.75, 3.05) is 19.8 Å². The molecule has 0 heterocycles. The summed E-state index contributed by atoms with van der Waals surface area (Å²) in [6.45, 7) is 3.10. The fourth-order valence-electron chi connectivity index (χ4n) is 3.59. The van der Waals surface area contributed by atoms with Crippen molar-refractivity contribution in [2.24, 2.45) is 0 Å². The van der Waals surface area contributed by atoms with Crippen molar-refractivity contribution in [1.82, 2.24) is 4.72 Å². The number of rotatable bonds is 9. The van der Waals surface area contributed by atoms with Gasteiger partial charge in [0.2, 0.25) is 10.0 Å². The first-order valence-corrected chi connectivity index (χ1v) is 12.9. The summed E-state index contributed by atoms with van der Waals surface area (Å²) >= 11 is 1.32. The molecule has 0 radical (unpaired) electrons. The Labute approximate surface area is 197 Å². The Balaban J connectivity index is 1.53. The van der Waals surface area contributed by atoms with Crippen molar-refractivity contribution in [3.63, 3.8) is 0 Å². The topological polar surface area (TPSA) is 89.5 Å². The Morgan fingerprint density at radius 3 is 2.18 bits per heavy atom. The van der Waals surface area contributed by atoms with Crippen LogP contribution < -0.4 is 4.72 Å². The highest BCUT2D eigenvalue weighted by atomic mass is 32.2. The van der Waals surface area contributed by atoms with Gasteiger partial charge in [-0.1, -0.05) is 55.1 Å². The molecule has 3 aromatic rings. The van der Waals surface area contributed by atoms with Gasteiger partial charge in [0.15, 0.2) is 11.6 Å². The lowest BCUT2D eigenvalue weighted by Gasteiger charge is -2.19. The molecule has 0 aliphatic heterocycles. The van der Waals surface area contributed by atoms with Crippen molar-refractivity contribution in [3.8, 4) is 0 Å². The van der Waals surface area contributed by atoms with E-state index in [2.05, 4.69) is 4.72 Å². The van der Waals surface area contributed by atoms with Crippen LogP contribution in [0.4, 0.5) is 0 Å². The maximum absolute atomic E-state index is 13.2. The lowest BCUT2D eigenvalue weighted by Crippen LogP contribution is -2.27. The molecule has 1 aliphatic rings. The summed E-state index contributed by atoms with van der Waals surface area (Å²) in [5, 5.41) is 0. The van der Waals surface area contributed by atoms with E-state index in [1.54, 1.807) is 54.6 Å². The van der Waals surface area contributed by atoms with E-state index >= 15 is 0 Å². The quantitative estimate of drug-likeness (QED) is 0.358. The van der Waals surface area contributed by atoms with Gasteiger partial charge in [0, 0.05) is 45.2 Å². The molecule has 0 saturated heterocycles. The van der Waals surface area contributed by atoms with Crippen LogP contribution in [-0.2, 0) is 14.8 Å². The van der Waals surface area contributed by atoms with Crippen LogP contribution in [0.2, 0.25) is 0 Å². The first kappa shape index (κ1) is 23.4. The van der Waals surface area contributed by atoms with Crippen LogP contribution >= 0.6 is 11.8 Å². The molecule has 6 nitrogen and oxygen atoms in total. The maximum atomic E-state index is 13.2. The second kappa shape index (κ2) is 10.0. The zero-order valence-electron chi connectivity index (χ0n) is 18.0. The first-order valence-electron chi connectivity index (χ1n) is 10.6. The van der Waals surface area contributed by atoms with E-state index in [9.17, 15) is 18.0 Å². The third-order valence-electron chi connectivity index (χ3n) is 5.16. The molecule has 1 aliphatic carbocycles. The van der Waals surface area contributed by atoms with Gasteiger partial charge < -0.3 is 4.74 Å². The fraction of sp³-hybridized carbons (Fsp3) is 0.200. The van der Waals surface area contributed by atoms with Crippen molar-refractivity contribution < 1.29 is 22.7 Å². The van der Waals surface area contributed by atoms with E-state index in [1.165, 1.54) is 23.9 Å². The van der Waals surface area contributed by atoms with Crippen LogP contribution in [0.5, 0.6) is 0 Å². The van der Waals surface area contributed by atoms with Gasteiger partial charge in [0.25, 0.3) is 0 Å². The van der Waals surface area contributed by atoms with Crippen molar-refractivity contribution in [1.29, 1.82) is 0 Å². The maximum Gasteiger partial charge on any atom is 0.240 e. The van der Waals surface area contributed by atoms with Gasteiger partial charge >= 0.3 is 0 Å². The fourth-order valence-corrected chi connectivity index (χ4v) is 5.58. The zero-order chi connectivity index (χ0) is 23.4. The molecule has 0 amide bonds. The first-order chi connectivity index (χ1) is 15.9. The van der Waals surface area contributed by atoms with E-state index in [4.69, 9.17) is 4.74 Å². The average molecular weight is 482 g/mol. The van der Waals surface area contributed by atoms with Crippen molar-refractivity contribution >= 4 is 33.4 Å². The number of ketones is 2. The number of nitrogens with one attached hydrogen (secondary N) is 1. The predicted octanol–water partition coefficient (Wildman–Crippen LogP) is 4.32. The standard InChI is InChI=1S/C25H23NO5S2/c1-2-15-31-16-14-26-33(29,30)18-12-10-17(11-13-18)32-22-9-5-8-21-23(22)25(28)20-7-4-3-6-19(20)24(21)27/h3-13,26H,2,14-16H2,1H3. The third-order valence-corrected chi connectivity index (χ3v) is 7.71. The summed E-state index contributed by atoms with van der Waals surface area (Å²) in [6, 6.07) is 18.5. The van der Waals surface area contributed by atoms with Gasteiger partial charge in [0.05, 0.1) is 11.5 Å². The van der Waals surface area contributed by atoms with Crippen LogP contribution in [0.15, 0.2) is 81.4 Å². The largest absolute Gasteiger partial charge is 0.380 e. The Kier molecular flexibility index (Phi) is 7.09. The summed E-state index contributed by atoms with van der Waals surface area (Å²) in [7, 11) is -3.64. The number of sulfonamides is 1. The van der Waals surface area contributed by atoms with Gasteiger partial charge in [0.1, 0.15) is 0 Å². The summed E-state index contributed by atoms with van der Waals surface area (Å²) in [4.78, 5) is 27.6. The second-order valence-corrected chi connectivity index (χ2v) is 10.3. The molecule has 170 valence electrons. The van der Waals surface area contributed by atoms with Gasteiger partial charge in [-0.3, -0.25) is 9.59 Å². The average Bonchev–Trinajstić information content (AvgIpc) is 2.82. The van der Waals surface area contributed by atoms with Crippen molar-refractivity contribution in [2.45, 2.75) is 28.0 Å². The van der Waals surface area contributed by atoms with E-state index in [0.717, 1.165) is 11.3 Å². The van der Waals surface area contributed by atoms with Crippen LogP contribution in [0.25, 0.3) is 0 Å². The molecule has 33 heavy (non-hydrogen) atoms. The number of fused-ring (bicyclic) bond motifs is 2.